The van der Waals surface area contributed by atoms with E-state index in [4.69, 9.17) is 5.26 Å². The van der Waals surface area contributed by atoms with Crippen LogP contribution in [-0.2, 0) is 6.42 Å². The van der Waals surface area contributed by atoms with E-state index in [1.165, 1.54) is 16.5 Å². The van der Waals surface area contributed by atoms with Crippen LogP contribution >= 0.6 is 11.3 Å². The molecule has 1 aliphatic rings. The summed E-state index contributed by atoms with van der Waals surface area (Å²) in [6.45, 7) is 0. The Bertz CT molecular complexity index is 642. The van der Waals surface area contributed by atoms with Crippen molar-refractivity contribution in [3.05, 3.63) is 51.5 Å². The molecule has 1 aromatic heterocycles. The average Bonchev–Trinajstić information content (AvgIpc) is 2.90. The lowest BCUT2D eigenvalue weighted by atomic mass is 9.94. The summed E-state index contributed by atoms with van der Waals surface area (Å²) in [5.74, 6) is -0.360. The molecule has 1 N–H and O–H groups in total. The zero-order valence-electron chi connectivity index (χ0n) is 10.3. The van der Waals surface area contributed by atoms with Crippen molar-refractivity contribution in [1.82, 2.24) is 0 Å². The summed E-state index contributed by atoms with van der Waals surface area (Å²) >= 11 is 1.77. The number of nitrogens with zero attached hydrogens (tertiary/aromatic N) is 1. The van der Waals surface area contributed by atoms with Gasteiger partial charge in [0.1, 0.15) is 5.82 Å². The minimum Gasteiger partial charge on any atom is -0.376 e. The Kier molecular flexibility index (Phi) is 3.22. The Balaban J connectivity index is 1.86. The lowest BCUT2D eigenvalue weighted by molar-refractivity contribution is 0.592. The fourth-order valence-electron chi connectivity index (χ4n) is 2.53. The Morgan fingerprint density at radius 2 is 2.26 bits per heavy atom. The minimum absolute atomic E-state index is 0.178. The average molecular weight is 272 g/mol. The summed E-state index contributed by atoms with van der Waals surface area (Å²) in [5.41, 5.74) is 2.12. The molecule has 96 valence electrons. The molecule has 0 amide bonds. The number of benzene rings is 1. The van der Waals surface area contributed by atoms with Gasteiger partial charge in [-0.15, -0.1) is 11.3 Å². The predicted octanol–water partition coefficient (Wildman–Crippen LogP) is 4.25. The van der Waals surface area contributed by atoms with E-state index in [0.29, 0.717) is 11.3 Å². The molecule has 0 saturated heterocycles. The Morgan fingerprint density at radius 3 is 3.05 bits per heavy atom. The monoisotopic (exact) mass is 272 g/mol. The molecule has 1 unspecified atom stereocenters. The van der Waals surface area contributed by atoms with Crippen molar-refractivity contribution in [2.45, 2.75) is 25.3 Å². The fourth-order valence-corrected chi connectivity index (χ4v) is 3.51. The second-order valence-corrected chi connectivity index (χ2v) is 5.70. The van der Waals surface area contributed by atoms with Gasteiger partial charge in [-0.05, 0) is 54.5 Å². The van der Waals surface area contributed by atoms with Crippen molar-refractivity contribution in [2.75, 3.05) is 5.32 Å². The zero-order chi connectivity index (χ0) is 13.2. The number of fused-ring (bicyclic) bond motifs is 1. The number of nitrogens with one attached hydrogen (secondary N) is 1. The molecule has 4 heteroatoms. The lowest BCUT2D eigenvalue weighted by Crippen LogP contribution is -2.16. The van der Waals surface area contributed by atoms with E-state index in [0.717, 1.165) is 19.3 Å². The highest BCUT2D eigenvalue weighted by molar-refractivity contribution is 7.10. The number of nitriles is 1. The molecule has 1 heterocycles. The largest absolute Gasteiger partial charge is 0.376 e. The smallest absolute Gasteiger partial charge is 0.147 e. The number of hydrogen-bond acceptors (Lipinski definition) is 3. The van der Waals surface area contributed by atoms with Crippen LogP contribution in [0.5, 0.6) is 0 Å². The first-order valence-electron chi connectivity index (χ1n) is 6.30. The van der Waals surface area contributed by atoms with Crippen molar-refractivity contribution >= 4 is 17.0 Å². The van der Waals surface area contributed by atoms with Gasteiger partial charge in [0, 0.05) is 4.88 Å². The van der Waals surface area contributed by atoms with Crippen molar-refractivity contribution in [2.24, 2.45) is 0 Å². The Morgan fingerprint density at radius 1 is 1.37 bits per heavy atom. The van der Waals surface area contributed by atoms with E-state index in [-0.39, 0.29) is 11.9 Å². The fraction of sp³-hybridized carbons (Fsp3) is 0.267. The van der Waals surface area contributed by atoms with Gasteiger partial charge in [-0.2, -0.15) is 5.26 Å². The van der Waals surface area contributed by atoms with E-state index in [1.807, 2.05) is 6.07 Å². The number of aryl methyl sites for hydroxylation is 1. The number of hydrogen-bond donors (Lipinski definition) is 1. The molecule has 1 aromatic carbocycles. The maximum atomic E-state index is 13.9. The standard InChI is InChI=1S/C15H13FN2S/c16-12-8-10(9-17)4-5-14(12)18-13-2-1-3-15-11(13)6-7-19-15/h4-8,13,18H,1-3H2. The molecule has 19 heavy (non-hydrogen) atoms. The van der Waals surface area contributed by atoms with Gasteiger partial charge in [0.15, 0.2) is 0 Å². The van der Waals surface area contributed by atoms with Crippen LogP contribution in [0.2, 0.25) is 0 Å². The molecule has 0 saturated carbocycles. The highest BCUT2D eigenvalue weighted by Gasteiger charge is 2.21. The van der Waals surface area contributed by atoms with E-state index < -0.39 is 0 Å². The van der Waals surface area contributed by atoms with Crippen molar-refractivity contribution in [3.8, 4) is 6.07 Å². The quantitative estimate of drug-likeness (QED) is 0.887. The zero-order valence-corrected chi connectivity index (χ0v) is 11.1. The van der Waals surface area contributed by atoms with Gasteiger partial charge in [-0.1, -0.05) is 0 Å². The van der Waals surface area contributed by atoms with E-state index in [9.17, 15) is 4.39 Å². The SMILES string of the molecule is N#Cc1ccc(NC2CCCc3sccc32)c(F)c1. The molecule has 0 radical (unpaired) electrons. The summed E-state index contributed by atoms with van der Waals surface area (Å²) in [4.78, 5) is 1.40. The van der Waals surface area contributed by atoms with Crippen LogP contribution in [0, 0.1) is 17.1 Å². The summed E-state index contributed by atoms with van der Waals surface area (Å²) in [6.07, 6.45) is 3.27. The molecule has 2 nitrogen and oxygen atoms in total. The molecular weight excluding hydrogens is 259 g/mol. The van der Waals surface area contributed by atoms with Crippen LogP contribution in [-0.4, -0.2) is 0 Å². The second-order valence-electron chi connectivity index (χ2n) is 4.69. The molecule has 0 spiro atoms. The molecule has 1 atom stereocenters. The van der Waals surface area contributed by atoms with Crippen LogP contribution in [0.4, 0.5) is 10.1 Å². The van der Waals surface area contributed by atoms with Crippen LogP contribution in [0.25, 0.3) is 0 Å². The van der Waals surface area contributed by atoms with Crippen molar-refractivity contribution < 1.29 is 4.39 Å². The summed E-state index contributed by atoms with van der Waals surface area (Å²) < 4.78 is 13.9. The summed E-state index contributed by atoms with van der Waals surface area (Å²) in [6, 6.07) is 8.81. The first kappa shape index (κ1) is 12.2. The number of anilines is 1. The molecular formula is C15H13FN2S. The maximum absolute atomic E-state index is 13.9. The second kappa shape index (κ2) is 5.02. The van der Waals surface area contributed by atoms with E-state index in [2.05, 4.69) is 16.8 Å². The normalized spacial score (nSPS) is 17.6. The van der Waals surface area contributed by atoms with Crippen molar-refractivity contribution in [1.29, 1.82) is 5.26 Å². The molecule has 0 fully saturated rings. The molecule has 2 aromatic rings. The highest BCUT2D eigenvalue weighted by Crippen LogP contribution is 2.35. The molecule has 0 aliphatic heterocycles. The number of rotatable bonds is 2. The van der Waals surface area contributed by atoms with Gasteiger partial charge in [-0.25, -0.2) is 4.39 Å². The third kappa shape index (κ3) is 2.34. The first-order chi connectivity index (χ1) is 9.28. The minimum atomic E-state index is -0.360. The number of halogens is 1. The van der Waals surface area contributed by atoms with Crippen molar-refractivity contribution in [3.63, 3.8) is 0 Å². The van der Waals surface area contributed by atoms with Crippen LogP contribution in [0.1, 0.15) is 34.9 Å². The van der Waals surface area contributed by atoms with E-state index >= 15 is 0 Å². The van der Waals surface area contributed by atoms with Crippen LogP contribution in [0.15, 0.2) is 29.6 Å². The molecule has 1 aliphatic carbocycles. The topological polar surface area (TPSA) is 35.8 Å². The molecule has 0 bridgehead atoms. The van der Waals surface area contributed by atoms with Gasteiger partial charge in [0.2, 0.25) is 0 Å². The Labute approximate surface area is 115 Å². The van der Waals surface area contributed by atoms with Gasteiger partial charge in [0.05, 0.1) is 23.4 Å². The summed E-state index contributed by atoms with van der Waals surface area (Å²) in [7, 11) is 0. The maximum Gasteiger partial charge on any atom is 0.147 e. The van der Waals surface area contributed by atoms with Gasteiger partial charge in [-0.3, -0.25) is 0 Å². The molecule has 3 rings (SSSR count). The van der Waals surface area contributed by atoms with Gasteiger partial charge < -0.3 is 5.32 Å². The Hall–Kier alpha value is -1.86. The van der Waals surface area contributed by atoms with Gasteiger partial charge in [0.25, 0.3) is 0 Å². The van der Waals surface area contributed by atoms with E-state index in [1.54, 1.807) is 23.5 Å². The predicted molar refractivity (Wildman–Crippen MR) is 74.7 cm³/mol. The number of thiophene rings is 1. The first-order valence-corrected chi connectivity index (χ1v) is 7.18. The highest BCUT2D eigenvalue weighted by atomic mass is 32.1. The third-order valence-electron chi connectivity index (χ3n) is 3.48. The van der Waals surface area contributed by atoms with Crippen LogP contribution in [0.3, 0.4) is 0 Å². The summed E-state index contributed by atoms with van der Waals surface area (Å²) in [5, 5.41) is 14.1. The lowest BCUT2D eigenvalue weighted by Gasteiger charge is -2.25. The third-order valence-corrected chi connectivity index (χ3v) is 4.48. The van der Waals surface area contributed by atoms with Gasteiger partial charge >= 0.3 is 0 Å². The van der Waals surface area contributed by atoms with Crippen LogP contribution < -0.4 is 5.32 Å².